The summed E-state index contributed by atoms with van der Waals surface area (Å²) in [6, 6.07) is 0. The van der Waals surface area contributed by atoms with Gasteiger partial charge in [-0.25, -0.2) is 4.39 Å². The number of rotatable bonds is 0. The lowest BCUT2D eigenvalue weighted by molar-refractivity contribution is -0.195. The summed E-state index contributed by atoms with van der Waals surface area (Å²) in [5.41, 5.74) is 0.801. The molecule has 2 N–H and O–H groups in total. The molecule has 0 aromatic rings. The van der Waals surface area contributed by atoms with E-state index in [0.717, 1.165) is 32.1 Å². The molecule has 2 saturated carbocycles. The normalized spacial score (nSPS) is 56.9. The highest BCUT2D eigenvalue weighted by Gasteiger charge is 2.64. The Kier molecular flexibility index (Phi) is 3.01. The van der Waals surface area contributed by atoms with Crippen LogP contribution in [0.1, 0.15) is 52.4 Å². The number of allylic oxidation sites excluding steroid dienone is 2. The summed E-state index contributed by atoms with van der Waals surface area (Å²) in [6.45, 7) is 4.25. The average molecular weight is 306 g/mol. The van der Waals surface area contributed by atoms with Crippen molar-refractivity contribution in [2.75, 3.05) is 0 Å². The van der Waals surface area contributed by atoms with Gasteiger partial charge in [0, 0.05) is 17.3 Å². The van der Waals surface area contributed by atoms with E-state index in [1.165, 1.54) is 5.57 Å². The largest absolute Gasteiger partial charge is 0.389 e. The van der Waals surface area contributed by atoms with E-state index in [9.17, 15) is 14.6 Å². The number of fused-ring (bicyclic) bond motifs is 5. The molecule has 3 heteroatoms. The molecule has 0 radical (unpaired) electrons. The van der Waals surface area contributed by atoms with E-state index in [4.69, 9.17) is 0 Å². The molecule has 2 nitrogen and oxygen atoms in total. The first-order valence-corrected chi connectivity index (χ1v) is 8.76. The van der Waals surface area contributed by atoms with Crippen molar-refractivity contribution in [1.82, 2.24) is 0 Å². The predicted molar refractivity (Wildman–Crippen MR) is 83.7 cm³/mol. The van der Waals surface area contributed by atoms with Crippen LogP contribution in [0.4, 0.5) is 4.39 Å². The number of halogens is 1. The zero-order valence-corrected chi connectivity index (χ0v) is 13.6. The lowest BCUT2D eigenvalue weighted by Crippen LogP contribution is -2.52. The first-order chi connectivity index (χ1) is 10.3. The highest BCUT2D eigenvalue weighted by molar-refractivity contribution is 5.33. The van der Waals surface area contributed by atoms with Crippen LogP contribution in [0.15, 0.2) is 23.8 Å². The van der Waals surface area contributed by atoms with E-state index in [2.05, 4.69) is 19.1 Å². The number of aliphatic hydroxyl groups is 2. The second-order valence-corrected chi connectivity index (χ2v) is 8.51. The van der Waals surface area contributed by atoms with Crippen LogP contribution < -0.4 is 0 Å². The Bertz CT molecular complexity index is 552. The summed E-state index contributed by atoms with van der Waals surface area (Å²) in [5.74, 6) is -0.747. The van der Waals surface area contributed by atoms with Gasteiger partial charge >= 0.3 is 0 Å². The molecule has 0 heterocycles. The molecule has 0 spiro atoms. The van der Waals surface area contributed by atoms with Crippen LogP contribution >= 0.6 is 0 Å². The summed E-state index contributed by atoms with van der Waals surface area (Å²) < 4.78 is 14.7. The minimum Gasteiger partial charge on any atom is -0.389 e. The second-order valence-electron chi connectivity index (χ2n) is 8.51. The Morgan fingerprint density at radius 3 is 2.68 bits per heavy atom. The summed E-state index contributed by atoms with van der Waals surface area (Å²) in [4.78, 5) is 0. The fourth-order valence-electron chi connectivity index (χ4n) is 6.20. The van der Waals surface area contributed by atoms with Crippen molar-refractivity contribution in [3.05, 3.63) is 23.8 Å². The molecule has 22 heavy (non-hydrogen) atoms. The van der Waals surface area contributed by atoms with E-state index in [1.807, 2.05) is 13.0 Å². The third-order valence-corrected chi connectivity index (χ3v) is 7.68. The Labute approximate surface area is 132 Å². The minimum atomic E-state index is -1.99. The summed E-state index contributed by atoms with van der Waals surface area (Å²) in [5, 5.41) is 20.1. The molecule has 2 fully saturated rings. The molecule has 4 rings (SSSR count). The highest BCUT2D eigenvalue weighted by Crippen LogP contribution is 2.66. The maximum Gasteiger partial charge on any atom is 0.212 e. The van der Waals surface area contributed by atoms with Gasteiger partial charge in [-0.15, -0.1) is 0 Å². The molecule has 0 aromatic carbocycles. The Morgan fingerprint density at radius 2 is 1.91 bits per heavy atom. The van der Waals surface area contributed by atoms with Crippen LogP contribution in [0, 0.1) is 28.6 Å². The fourth-order valence-corrected chi connectivity index (χ4v) is 6.20. The van der Waals surface area contributed by atoms with Gasteiger partial charge in [0.1, 0.15) is 0 Å². The first-order valence-electron chi connectivity index (χ1n) is 8.76. The maximum absolute atomic E-state index is 14.7. The molecule has 4 aliphatic carbocycles. The molecule has 7 atom stereocenters. The van der Waals surface area contributed by atoms with Crippen LogP contribution in [0.2, 0.25) is 0 Å². The lowest BCUT2D eigenvalue weighted by atomic mass is 9.49. The Morgan fingerprint density at radius 1 is 1.18 bits per heavy atom. The SMILES string of the molecule is C[C@]12C=CC(O)CC1=CC[C@@H]1[C@H]2CC[C@@]2(C)[C@H]1CCC2(O)F. The Hall–Kier alpha value is -0.670. The van der Waals surface area contributed by atoms with Crippen molar-refractivity contribution in [2.24, 2.45) is 28.6 Å². The number of alkyl halides is 1. The summed E-state index contributed by atoms with van der Waals surface area (Å²) >= 11 is 0. The van der Waals surface area contributed by atoms with Gasteiger partial charge in [-0.3, -0.25) is 0 Å². The van der Waals surface area contributed by atoms with Crippen molar-refractivity contribution in [3.63, 3.8) is 0 Å². The van der Waals surface area contributed by atoms with E-state index in [0.29, 0.717) is 18.3 Å². The second kappa shape index (κ2) is 4.45. The van der Waals surface area contributed by atoms with Crippen molar-refractivity contribution in [3.8, 4) is 0 Å². The van der Waals surface area contributed by atoms with Gasteiger partial charge in [0.25, 0.3) is 0 Å². The quantitative estimate of drug-likeness (QED) is 0.669. The molecular formula is C19H27FO2. The molecule has 2 unspecified atom stereocenters. The molecule has 0 aliphatic heterocycles. The number of hydrogen-bond donors (Lipinski definition) is 2. The van der Waals surface area contributed by atoms with Crippen molar-refractivity contribution in [2.45, 2.75) is 64.3 Å². The molecule has 4 aliphatic rings. The van der Waals surface area contributed by atoms with Crippen molar-refractivity contribution < 1.29 is 14.6 Å². The van der Waals surface area contributed by atoms with Gasteiger partial charge in [0.05, 0.1) is 6.10 Å². The van der Waals surface area contributed by atoms with Crippen LogP contribution in [0.3, 0.4) is 0 Å². The van der Waals surface area contributed by atoms with E-state index in [-0.39, 0.29) is 17.4 Å². The van der Waals surface area contributed by atoms with Crippen molar-refractivity contribution >= 4 is 0 Å². The average Bonchev–Trinajstić information content (AvgIpc) is 2.70. The number of aliphatic hydroxyl groups excluding tert-OH is 1. The third kappa shape index (κ3) is 1.73. The maximum atomic E-state index is 14.7. The van der Waals surface area contributed by atoms with Gasteiger partial charge in [-0.05, 0) is 49.9 Å². The monoisotopic (exact) mass is 306 g/mol. The smallest absolute Gasteiger partial charge is 0.212 e. The third-order valence-electron chi connectivity index (χ3n) is 7.68. The highest BCUT2D eigenvalue weighted by atomic mass is 19.2. The fraction of sp³-hybridized carbons (Fsp3) is 0.789. The zero-order valence-electron chi connectivity index (χ0n) is 13.6. The predicted octanol–water partition coefficient (Wildman–Crippen LogP) is 3.74. The van der Waals surface area contributed by atoms with Crippen molar-refractivity contribution in [1.29, 1.82) is 0 Å². The van der Waals surface area contributed by atoms with Gasteiger partial charge in [-0.1, -0.05) is 37.6 Å². The molecule has 122 valence electrons. The topological polar surface area (TPSA) is 40.5 Å². The van der Waals surface area contributed by atoms with E-state index in [1.54, 1.807) is 0 Å². The van der Waals surface area contributed by atoms with Gasteiger partial charge < -0.3 is 10.2 Å². The van der Waals surface area contributed by atoms with Gasteiger partial charge in [0.2, 0.25) is 5.85 Å². The Balaban J connectivity index is 1.72. The van der Waals surface area contributed by atoms with Gasteiger partial charge in [-0.2, -0.15) is 0 Å². The summed E-state index contributed by atoms with van der Waals surface area (Å²) in [6.07, 6.45) is 10.6. The standard InChI is InChI=1S/C19H27FO2/c1-17-8-5-13(21)11-12(17)3-4-14-15(17)6-9-18(2)16(14)7-10-19(18,20)22/h3,5,8,13-16,21-22H,4,6-7,9-11H2,1-2H3/t13?,14-,15-,16+,17+,18+,19?/m1/s1. The molecule has 0 aromatic heterocycles. The first kappa shape index (κ1) is 14.9. The van der Waals surface area contributed by atoms with E-state index >= 15 is 0 Å². The van der Waals surface area contributed by atoms with Crippen LogP contribution in [0.25, 0.3) is 0 Å². The molecule has 0 amide bonds. The molecule has 0 bridgehead atoms. The molecular weight excluding hydrogens is 279 g/mol. The minimum absolute atomic E-state index is 0.0144. The zero-order chi connectivity index (χ0) is 15.8. The van der Waals surface area contributed by atoms with E-state index < -0.39 is 11.3 Å². The van der Waals surface area contributed by atoms with Gasteiger partial charge in [0.15, 0.2) is 0 Å². The van der Waals surface area contributed by atoms with Crippen LogP contribution in [-0.4, -0.2) is 22.2 Å². The number of hydrogen-bond acceptors (Lipinski definition) is 2. The van der Waals surface area contributed by atoms with Crippen LogP contribution in [-0.2, 0) is 0 Å². The van der Waals surface area contributed by atoms with Crippen LogP contribution in [0.5, 0.6) is 0 Å². The summed E-state index contributed by atoms with van der Waals surface area (Å²) in [7, 11) is 0. The lowest BCUT2D eigenvalue weighted by Gasteiger charge is -2.56. The molecule has 0 saturated heterocycles.